The molecule has 1 aliphatic carbocycles. The van der Waals surface area contributed by atoms with Gasteiger partial charge in [0.1, 0.15) is 6.04 Å². The fourth-order valence-electron chi connectivity index (χ4n) is 3.02. The summed E-state index contributed by atoms with van der Waals surface area (Å²) < 4.78 is 0. The quantitative estimate of drug-likeness (QED) is 0.717. The van der Waals surface area contributed by atoms with E-state index < -0.39 is 12.0 Å². The topological polar surface area (TPSA) is 106 Å². The summed E-state index contributed by atoms with van der Waals surface area (Å²) in [6.07, 6.45) is 3.46. The monoisotopic (exact) mass is 331 g/mol. The Bertz CT molecular complexity index is 819. The molecule has 0 radical (unpaired) electrons. The maximum Gasteiger partial charge on any atom is 0.326 e. The minimum Gasteiger partial charge on any atom is -0.480 e. The Balaban J connectivity index is 1.58. The van der Waals surface area contributed by atoms with Crippen molar-refractivity contribution >= 4 is 22.9 Å². The van der Waals surface area contributed by atoms with E-state index in [2.05, 4.69) is 9.97 Å². The van der Waals surface area contributed by atoms with Gasteiger partial charge in [-0.05, 0) is 50.3 Å². The van der Waals surface area contributed by atoms with Gasteiger partial charge in [0.25, 0.3) is 0 Å². The first kappa shape index (κ1) is 16.3. The van der Waals surface area contributed by atoms with Crippen LogP contribution in [0.2, 0.25) is 0 Å². The fraction of sp³-hybridized carbons (Fsp3) is 0.471. The van der Waals surface area contributed by atoms with Gasteiger partial charge in [0.2, 0.25) is 5.91 Å². The largest absolute Gasteiger partial charge is 0.480 e. The highest BCUT2D eigenvalue weighted by atomic mass is 16.4. The van der Waals surface area contributed by atoms with Crippen molar-refractivity contribution in [3.63, 3.8) is 0 Å². The molecule has 0 bridgehead atoms. The van der Waals surface area contributed by atoms with E-state index in [-0.39, 0.29) is 17.6 Å². The van der Waals surface area contributed by atoms with Crippen LogP contribution in [-0.4, -0.2) is 43.9 Å². The lowest BCUT2D eigenvalue weighted by Crippen LogP contribution is -2.44. The summed E-state index contributed by atoms with van der Waals surface area (Å²) in [6.45, 7) is 1.56. The second-order valence-electron chi connectivity index (χ2n) is 6.36. The maximum absolute atomic E-state index is 12.4. The molecule has 7 heteroatoms. The zero-order valence-electron chi connectivity index (χ0n) is 13.5. The van der Waals surface area contributed by atoms with Gasteiger partial charge in [-0.25, -0.2) is 9.59 Å². The number of hydrogen-bond acceptors (Lipinski definition) is 3. The van der Waals surface area contributed by atoms with Crippen LogP contribution in [0, 0.1) is 0 Å². The minimum atomic E-state index is -0.961. The molecule has 1 aromatic carbocycles. The fourth-order valence-corrected chi connectivity index (χ4v) is 3.02. The summed E-state index contributed by atoms with van der Waals surface area (Å²) in [5.74, 6) is -1.05. The molecule has 3 rings (SSSR count). The molecule has 1 heterocycles. The summed E-state index contributed by atoms with van der Waals surface area (Å²) in [6, 6.07) is 4.98. The molecule has 1 unspecified atom stereocenters. The highest BCUT2D eigenvalue weighted by Gasteiger charge is 2.37. The number of aliphatic carboxylic acids is 1. The molecule has 0 aliphatic heterocycles. The van der Waals surface area contributed by atoms with E-state index in [9.17, 15) is 14.4 Å². The number of carboxylic acids is 1. The Kier molecular flexibility index (Phi) is 4.42. The average molecular weight is 331 g/mol. The van der Waals surface area contributed by atoms with Crippen molar-refractivity contribution in [2.45, 2.75) is 51.1 Å². The molecular weight excluding hydrogens is 310 g/mol. The number of carbonyl (C=O) groups is 2. The van der Waals surface area contributed by atoms with Crippen LogP contribution in [0.25, 0.3) is 11.0 Å². The Morgan fingerprint density at radius 1 is 1.29 bits per heavy atom. The molecule has 3 N–H and O–H groups in total. The first-order chi connectivity index (χ1) is 11.5. The molecule has 1 aliphatic rings. The van der Waals surface area contributed by atoms with Crippen molar-refractivity contribution in [1.29, 1.82) is 0 Å². The van der Waals surface area contributed by atoms with E-state index in [4.69, 9.17) is 5.11 Å². The van der Waals surface area contributed by atoms with E-state index in [1.165, 1.54) is 4.90 Å². The molecular formula is C17H21N3O4. The van der Waals surface area contributed by atoms with Gasteiger partial charge in [-0.3, -0.25) is 4.79 Å². The number of nitrogens with one attached hydrogen (secondary N) is 2. The average Bonchev–Trinajstić information content (AvgIpc) is 3.27. The number of nitrogens with zero attached hydrogens (tertiary/aromatic N) is 1. The minimum absolute atomic E-state index is 0.0879. The van der Waals surface area contributed by atoms with Crippen molar-refractivity contribution in [2.24, 2.45) is 0 Å². The maximum atomic E-state index is 12.4. The number of aryl methyl sites for hydroxylation is 1. The number of fused-ring (bicyclic) bond motifs is 1. The second-order valence-corrected chi connectivity index (χ2v) is 6.36. The second kappa shape index (κ2) is 6.51. The van der Waals surface area contributed by atoms with Crippen molar-refractivity contribution < 1.29 is 14.7 Å². The van der Waals surface area contributed by atoms with Gasteiger partial charge in [0.15, 0.2) is 0 Å². The van der Waals surface area contributed by atoms with Crippen LogP contribution in [-0.2, 0) is 16.0 Å². The van der Waals surface area contributed by atoms with Gasteiger partial charge in [-0.2, -0.15) is 0 Å². The Morgan fingerprint density at radius 2 is 2.00 bits per heavy atom. The summed E-state index contributed by atoms with van der Waals surface area (Å²) in [5, 5.41) is 9.16. The summed E-state index contributed by atoms with van der Waals surface area (Å²) in [7, 11) is 0. The van der Waals surface area contributed by atoms with Crippen molar-refractivity contribution in [3.05, 3.63) is 34.2 Å². The molecule has 1 aromatic heterocycles. The smallest absolute Gasteiger partial charge is 0.326 e. The highest BCUT2D eigenvalue weighted by Crippen LogP contribution is 2.29. The Hall–Kier alpha value is -2.57. The van der Waals surface area contributed by atoms with E-state index in [0.29, 0.717) is 19.3 Å². The van der Waals surface area contributed by atoms with Gasteiger partial charge in [-0.15, -0.1) is 0 Å². The number of benzene rings is 1. The van der Waals surface area contributed by atoms with Crippen LogP contribution in [0.5, 0.6) is 0 Å². The standard InChI is InChI=1S/C17H21N3O4/c1-10(16(22)23)20(12-6-7-12)15(21)4-2-3-11-5-8-13-14(9-11)19-17(24)18-13/h5,8-10,12H,2-4,6-7H2,1H3,(H,22,23)(H2,18,19,24). The number of aromatic nitrogens is 2. The molecule has 1 amide bonds. The lowest BCUT2D eigenvalue weighted by atomic mass is 10.1. The normalized spacial score (nSPS) is 15.4. The summed E-state index contributed by atoms with van der Waals surface area (Å²) >= 11 is 0. The van der Waals surface area contributed by atoms with E-state index in [1.54, 1.807) is 6.92 Å². The number of hydrogen-bond donors (Lipinski definition) is 3. The molecule has 7 nitrogen and oxygen atoms in total. The number of aromatic amines is 2. The third-order valence-electron chi connectivity index (χ3n) is 4.44. The molecule has 1 fully saturated rings. The summed E-state index contributed by atoms with van der Waals surface area (Å²) in [5.41, 5.74) is 2.31. The molecule has 1 atom stereocenters. The number of carboxylic acid groups (broad SMARTS) is 1. The summed E-state index contributed by atoms with van der Waals surface area (Å²) in [4.78, 5) is 41.7. The Morgan fingerprint density at radius 3 is 2.67 bits per heavy atom. The number of imidazole rings is 1. The van der Waals surface area contributed by atoms with Crippen LogP contribution in [0.1, 0.15) is 38.2 Å². The van der Waals surface area contributed by atoms with E-state index in [0.717, 1.165) is 29.4 Å². The molecule has 0 saturated heterocycles. The molecule has 24 heavy (non-hydrogen) atoms. The van der Waals surface area contributed by atoms with Crippen molar-refractivity contribution in [3.8, 4) is 0 Å². The predicted molar refractivity (Wildman–Crippen MR) is 88.8 cm³/mol. The van der Waals surface area contributed by atoms with Crippen LogP contribution < -0.4 is 5.69 Å². The number of amides is 1. The van der Waals surface area contributed by atoms with Gasteiger partial charge in [-0.1, -0.05) is 6.07 Å². The van der Waals surface area contributed by atoms with Crippen LogP contribution in [0.3, 0.4) is 0 Å². The van der Waals surface area contributed by atoms with Crippen LogP contribution in [0.15, 0.2) is 23.0 Å². The molecule has 0 spiro atoms. The van der Waals surface area contributed by atoms with Crippen LogP contribution in [0.4, 0.5) is 0 Å². The zero-order chi connectivity index (χ0) is 17.3. The van der Waals surface area contributed by atoms with E-state index in [1.807, 2.05) is 18.2 Å². The predicted octanol–water partition coefficient (Wildman–Crippen LogP) is 1.64. The first-order valence-corrected chi connectivity index (χ1v) is 8.20. The SMILES string of the molecule is CC(C(=O)O)N(C(=O)CCCc1ccc2[nH]c(=O)[nH]c2c1)C1CC1. The zero-order valence-corrected chi connectivity index (χ0v) is 13.5. The number of carbonyl (C=O) groups excluding carboxylic acids is 1. The van der Waals surface area contributed by atoms with Gasteiger partial charge in [0.05, 0.1) is 11.0 Å². The lowest BCUT2D eigenvalue weighted by Gasteiger charge is -2.26. The highest BCUT2D eigenvalue weighted by molar-refractivity contribution is 5.84. The Labute approximate surface area is 138 Å². The first-order valence-electron chi connectivity index (χ1n) is 8.20. The lowest BCUT2D eigenvalue weighted by molar-refractivity contribution is -0.150. The van der Waals surface area contributed by atoms with Gasteiger partial charge < -0.3 is 20.0 Å². The molecule has 2 aromatic rings. The number of rotatable bonds is 7. The van der Waals surface area contributed by atoms with Crippen molar-refractivity contribution in [2.75, 3.05) is 0 Å². The third-order valence-corrected chi connectivity index (χ3v) is 4.44. The van der Waals surface area contributed by atoms with Gasteiger partial charge >= 0.3 is 11.7 Å². The van der Waals surface area contributed by atoms with Crippen molar-refractivity contribution in [1.82, 2.24) is 14.9 Å². The third kappa shape index (κ3) is 3.50. The van der Waals surface area contributed by atoms with Crippen LogP contribution >= 0.6 is 0 Å². The number of H-pyrrole nitrogens is 2. The van der Waals surface area contributed by atoms with E-state index >= 15 is 0 Å². The van der Waals surface area contributed by atoms with Gasteiger partial charge in [0, 0.05) is 12.5 Å². The molecule has 128 valence electrons. The molecule has 1 saturated carbocycles.